The molecule has 0 aromatic rings. The van der Waals surface area contributed by atoms with Crippen LogP contribution in [0.1, 0.15) is 27.2 Å². The Labute approximate surface area is 79.6 Å². The van der Waals surface area contributed by atoms with E-state index in [-0.39, 0.29) is 5.97 Å². The number of ether oxygens (including phenoxy) is 1. The summed E-state index contributed by atoms with van der Waals surface area (Å²) in [5.41, 5.74) is 1.47. The molecule has 0 saturated carbocycles. The highest BCUT2D eigenvalue weighted by molar-refractivity contribution is 5.88. The average Bonchev–Trinajstić information content (AvgIpc) is 2.13. The molecule has 0 bridgehead atoms. The third kappa shape index (κ3) is 5.01. The molecule has 0 heterocycles. The van der Waals surface area contributed by atoms with Crippen molar-refractivity contribution in [1.29, 1.82) is 0 Å². The maximum atomic E-state index is 11.2. The first-order valence-corrected chi connectivity index (χ1v) is 4.28. The summed E-state index contributed by atoms with van der Waals surface area (Å²) in [6.45, 7) is 9.08. The van der Waals surface area contributed by atoms with Gasteiger partial charge in [0.05, 0.1) is 6.26 Å². The molecule has 0 aromatic carbocycles. The third-order valence-corrected chi connectivity index (χ3v) is 1.51. The smallest absolute Gasteiger partial charge is 0.338 e. The molecular formula is C11H16O2. The zero-order valence-electron chi connectivity index (χ0n) is 8.46. The first-order chi connectivity index (χ1) is 6.11. The summed E-state index contributed by atoms with van der Waals surface area (Å²) < 4.78 is 4.87. The highest BCUT2D eigenvalue weighted by Gasteiger charge is 2.02. The van der Waals surface area contributed by atoms with Gasteiger partial charge in [-0.25, -0.2) is 4.79 Å². The van der Waals surface area contributed by atoms with Crippen molar-refractivity contribution < 1.29 is 9.53 Å². The number of rotatable bonds is 4. The van der Waals surface area contributed by atoms with Gasteiger partial charge in [-0.15, -0.1) is 0 Å². The fourth-order valence-corrected chi connectivity index (χ4v) is 0.677. The quantitative estimate of drug-likeness (QED) is 0.288. The first-order valence-electron chi connectivity index (χ1n) is 4.28. The predicted octanol–water partition coefficient (Wildman–Crippen LogP) is 2.98. The fourth-order valence-electron chi connectivity index (χ4n) is 0.677. The summed E-state index contributed by atoms with van der Waals surface area (Å²) in [6.07, 6.45) is 5.71. The van der Waals surface area contributed by atoms with Crippen LogP contribution in [0.2, 0.25) is 0 Å². The maximum absolute atomic E-state index is 11.2. The zero-order chi connectivity index (χ0) is 10.3. The van der Waals surface area contributed by atoms with Crippen molar-refractivity contribution in [2.24, 2.45) is 0 Å². The Balaban J connectivity index is 4.16. The predicted molar refractivity (Wildman–Crippen MR) is 54.1 cm³/mol. The van der Waals surface area contributed by atoms with E-state index in [2.05, 4.69) is 6.58 Å². The number of hydrogen-bond donors (Lipinski definition) is 0. The standard InChI is InChI=1S/C11H16O2/c1-5-7-10(4)11(12)13-8-9(3)6-2/h6-8H,2,5H2,1,3-4H3. The molecule has 0 saturated heterocycles. The van der Waals surface area contributed by atoms with Gasteiger partial charge >= 0.3 is 5.97 Å². The van der Waals surface area contributed by atoms with Gasteiger partial charge in [0.1, 0.15) is 0 Å². The van der Waals surface area contributed by atoms with Gasteiger partial charge in [-0.2, -0.15) is 0 Å². The van der Waals surface area contributed by atoms with Gasteiger partial charge in [0.15, 0.2) is 0 Å². The number of esters is 1. The fraction of sp³-hybridized carbons (Fsp3) is 0.364. The number of carbonyl (C=O) groups excluding carboxylic acids is 1. The van der Waals surface area contributed by atoms with Crippen LogP contribution < -0.4 is 0 Å². The average molecular weight is 180 g/mol. The molecule has 0 aliphatic rings. The van der Waals surface area contributed by atoms with Gasteiger partial charge in [0.25, 0.3) is 0 Å². The van der Waals surface area contributed by atoms with Crippen LogP contribution in [-0.4, -0.2) is 5.97 Å². The van der Waals surface area contributed by atoms with Crippen molar-refractivity contribution >= 4 is 5.97 Å². The minimum atomic E-state index is -0.303. The summed E-state index contributed by atoms with van der Waals surface area (Å²) in [7, 11) is 0. The highest BCUT2D eigenvalue weighted by atomic mass is 16.5. The van der Waals surface area contributed by atoms with Gasteiger partial charge in [-0.1, -0.05) is 25.7 Å². The Morgan fingerprint density at radius 1 is 1.46 bits per heavy atom. The molecule has 13 heavy (non-hydrogen) atoms. The molecule has 0 fully saturated rings. The Morgan fingerprint density at radius 2 is 2.08 bits per heavy atom. The van der Waals surface area contributed by atoms with Gasteiger partial charge < -0.3 is 4.74 Å². The van der Waals surface area contributed by atoms with Gasteiger partial charge in [0, 0.05) is 5.57 Å². The van der Waals surface area contributed by atoms with Crippen molar-refractivity contribution in [3.8, 4) is 0 Å². The normalized spacial score (nSPS) is 12.5. The third-order valence-electron chi connectivity index (χ3n) is 1.51. The molecule has 0 spiro atoms. The van der Waals surface area contributed by atoms with Crippen LogP contribution in [0.15, 0.2) is 36.1 Å². The van der Waals surface area contributed by atoms with Crippen LogP contribution >= 0.6 is 0 Å². The molecule has 2 heteroatoms. The van der Waals surface area contributed by atoms with Crippen LogP contribution in [0, 0.1) is 0 Å². The van der Waals surface area contributed by atoms with Crippen molar-refractivity contribution in [1.82, 2.24) is 0 Å². The largest absolute Gasteiger partial charge is 0.431 e. The molecular weight excluding hydrogens is 164 g/mol. The molecule has 2 nitrogen and oxygen atoms in total. The monoisotopic (exact) mass is 180 g/mol. The molecule has 72 valence electrons. The summed E-state index contributed by atoms with van der Waals surface area (Å²) in [4.78, 5) is 11.2. The molecule has 0 aromatic heterocycles. The first kappa shape index (κ1) is 11.7. The molecule has 0 radical (unpaired) electrons. The number of carbonyl (C=O) groups is 1. The lowest BCUT2D eigenvalue weighted by molar-refractivity contribution is -0.133. The Morgan fingerprint density at radius 3 is 2.54 bits per heavy atom. The topological polar surface area (TPSA) is 26.3 Å². The van der Waals surface area contributed by atoms with E-state index in [4.69, 9.17) is 4.74 Å². The van der Waals surface area contributed by atoms with Crippen molar-refractivity contribution in [2.75, 3.05) is 0 Å². The van der Waals surface area contributed by atoms with E-state index in [1.165, 1.54) is 6.26 Å². The lowest BCUT2D eigenvalue weighted by Gasteiger charge is -1.99. The maximum Gasteiger partial charge on any atom is 0.338 e. The minimum Gasteiger partial charge on any atom is -0.431 e. The van der Waals surface area contributed by atoms with Gasteiger partial charge in [0.2, 0.25) is 0 Å². The molecule has 0 aliphatic heterocycles. The zero-order valence-corrected chi connectivity index (χ0v) is 8.46. The van der Waals surface area contributed by atoms with E-state index in [0.29, 0.717) is 5.57 Å². The van der Waals surface area contributed by atoms with Crippen LogP contribution in [-0.2, 0) is 9.53 Å². The van der Waals surface area contributed by atoms with Gasteiger partial charge in [-0.05, 0) is 25.8 Å². The van der Waals surface area contributed by atoms with Crippen LogP contribution in [0.4, 0.5) is 0 Å². The highest BCUT2D eigenvalue weighted by Crippen LogP contribution is 2.01. The second-order valence-corrected chi connectivity index (χ2v) is 2.77. The van der Waals surface area contributed by atoms with Crippen LogP contribution in [0.3, 0.4) is 0 Å². The van der Waals surface area contributed by atoms with E-state index in [1.54, 1.807) is 13.0 Å². The van der Waals surface area contributed by atoms with Crippen LogP contribution in [0.5, 0.6) is 0 Å². The van der Waals surface area contributed by atoms with E-state index in [1.807, 2.05) is 19.9 Å². The van der Waals surface area contributed by atoms with Gasteiger partial charge in [-0.3, -0.25) is 0 Å². The molecule has 0 aliphatic carbocycles. The Kier molecular flexibility index (Phi) is 5.60. The van der Waals surface area contributed by atoms with E-state index in [0.717, 1.165) is 12.0 Å². The lowest BCUT2D eigenvalue weighted by Crippen LogP contribution is -2.01. The summed E-state index contributed by atoms with van der Waals surface area (Å²) in [5.74, 6) is -0.303. The molecule has 0 atom stereocenters. The van der Waals surface area contributed by atoms with E-state index < -0.39 is 0 Å². The van der Waals surface area contributed by atoms with E-state index in [9.17, 15) is 4.79 Å². The van der Waals surface area contributed by atoms with Crippen LogP contribution in [0.25, 0.3) is 0 Å². The SMILES string of the molecule is C=CC(C)=COC(=O)C(C)=CCC. The summed E-state index contributed by atoms with van der Waals surface area (Å²) >= 11 is 0. The van der Waals surface area contributed by atoms with Crippen molar-refractivity contribution in [3.05, 3.63) is 36.1 Å². The Bertz CT molecular complexity index is 247. The number of hydrogen-bond acceptors (Lipinski definition) is 2. The molecule has 0 rings (SSSR count). The van der Waals surface area contributed by atoms with Crippen molar-refractivity contribution in [3.63, 3.8) is 0 Å². The number of allylic oxidation sites excluding steroid dienone is 3. The summed E-state index contributed by atoms with van der Waals surface area (Å²) in [5, 5.41) is 0. The second-order valence-electron chi connectivity index (χ2n) is 2.77. The molecule has 0 amide bonds. The Hall–Kier alpha value is -1.31. The lowest BCUT2D eigenvalue weighted by atomic mass is 10.2. The van der Waals surface area contributed by atoms with Crippen molar-refractivity contribution in [2.45, 2.75) is 27.2 Å². The summed E-state index contributed by atoms with van der Waals surface area (Å²) in [6, 6.07) is 0. The van der Waals surface area contributed by atoms with E-state index >= 15 is 0 Å². The second kappa shape index (κ2) is 6.23. The minimum absolute atomic E-state index is 0.303. The molecule has 0 N–H and O–H groups in total. The molecule has 0 unspecified atom stereocenters.